The number of carbonyl (C=O) groups excluding carboxylic acids is 2. The van der Waals surface area contributed by atoms with Gasteiger partial charge in [-0.3, -0.25) is 9.59 Å². The van der Waals surface area contributed by atoms with Crippen LogP contribution in [0.25, 0.3) is 0 Å². The topological polar surface area (TPSA) is 49.9 Å². The first-order valence-electron chi connectivity index (χ1n) is 9.59. The van der Waals surface area contributed by atoms with Gasteiger partial charge in [-0.1, -0.05) is 12.5 Å². The number of piperidine rings is 1. The molecule has 0 aromatic carbocycles. The normalized spacial score (nSPS) is 25.0. The van der Waals surface area contributed by atoms with Crippen LogP contribution in [0, 0.1) is 0 Å². The Labute approximate surface area is 145 Å². The lowest BCUT2D eigenvalue weighted by molar-refractivity contribution is -0.142. The van der Waals surface area contributed by atoms with Gasteiger partial charge >= 0.3 is 0 Å². The van der Waals surface area contributed by atoms with Crippen molar-refractivity contribution in [1.29, 1.82) is 0 Å². The van der Waals surface area contributed by atoms with Crippen LogP contribution in [-0.2, 0) is 14.3 Å². The molecule has 2 heterocycles. The molecule has 134 valence electrons. The Balaban J connectivity index is 1.61. The first-order chi connectivity index (χ1) is 11.7. The molecule has 24 heavy (non-hydrogen) atoms. The molecule has 0 radical (unpaired) electrons. The molecule has 3 rings (SSSR count). The first-order valence-corrected chi connectivity index (χ1v) is 9.59. The van der Waals surface area contributed by atoms with Crippen molar-refractivity contribution in [2.45, 2.75) is 70.8 Å². The van der Waals surface area contributed by atoms with Crippen LogP contribution < -0.4 is 0 Å². The zero-order chi connectivity index (χ0) is 16.9. The summed E-state index contributed by atoms with van der Waals surface area (Å²) in [4.78, 5) is 28.8. The molecule has 1 saturated heterocycles. The zero-order valence-corrected chi connectivity index (χ0v) is 14.9. The van der Waals surface area contributed by atoms with Crippen LogP contribution in [-0.4, -0.2) is 54.0 Å². The van der Waals surface area contributed by atoms with Gasteiger partial charge in [-0.15, -0.1) is 0 Å². The average molecular weight is 334 g/mol. The monoisotopic (exact) mass is 334 g/mol. The van der Waals surface area contributed by atoms with Crippen molar-refractivity contribution in [3.05, 3.63) is 11.3 Å². The molecule has 1 fully saturated rings. The van der Waals surface area contributed by atoms with E-state index in [1.165, 1.54) is 12.0 Å². The minimum absolute atomic E-state index is 0.0764. The van der Waals surface area contributed by atoms with Crippen LogP contribution in [0.3, 0.4) is 0 Å². The Kier molecular flexibility index (Phi) is 5.93. The molecule has 0 aromatic heterocycles. The number of allylic oxidation sites excluding steroid dienone is 2. The van der Waals surface area contributed by atoms with E-state index >= 15 is 0 Å². The fourth-order valence-corrected chi connectivity index (χ4v) is 4.09. The average Bonchev–Trinajstić information content (AvgIpc) is 2.62. The summed E-state index contributed by atoms with van der Waals surface area (Å²) < 4.78 is 5.83. The maximum absolute atomic E-state index is 12.8. The quantitative estimate of drug-likeness (QED) is 0.777. The van der Waals surface area contributed by atoms with Gasteiger partial charge in [0.25, 0.3) is 0 Å². The Bertz CT molecular complexity index is 515. The molecule has 5 nitrogen and oxygen atoms in total. The summed E-state index contributed by atoms with van der Waals surface area (Å²) in [6.07, 6.45) is 9.05. The highest BCUT2D eigenvalue weighted by Gasteiger charge is 2.32. The summed E-state index contributed by atoms with van der Waals surface area (Å²) >= 11 is 0. The number of hydrogen-bond donors (Lipinski definition) is 0. The van der Waals surface area contributed by atoms with Gasteiger partial charge in [0, 0.05) is 31.8 Å². The van der Waals surface area contributed by atoms with E-state index in [-0.39, 0.29) is 24.5 Å². The molecule has 0 N–H and O–H groups in total. The van der Waals surface area contributed by atoms with Crippen molar-refractivity contribution in [3.8, 4) is 0 Å². The van der Waals surface area contributed by atoms with E-state index in [4.69, 9.17) is 4.74 Å². The third kappa shape index (κ3) is 4.00. The lowest BCUT2D eigenvalue weighted by Gasteiger charge is -2.37. The van der Waals surface area contributed by atoms with Crippen molar-refractivity contribution >= 4 is 11.8 Å². The molecule has 2 aliphatic heterocycles. The first kappa shape index (κ1) is 17.5. The van der Waals surface area contributed by atoms with Gasteiger partial charge in [0.2, 0.25) is 11.8 Å². The summed E-state index contributed by atoms with van der Waals surface area (Å²) in [5.41, 5.74) is 2.57. The number of hydrogen-bond acceptors (Lipinski definition) is 3. The number of rotatable bonds is 5. The van der Waals surface area contributed by atoms with Gasteiger partial charge in [-0.05, 0) is 51.4 Å². The maximum Gasteiger partial charge on any atom is 0.242 e. The predicted molar refractivity (Wildman–Crippen MR) is 92.3 cm³/mol. The minimum atomic E-state index is 0.0764. The molecule has 5 heteroatoms. The van der Waals surface area contributed by atoms with Crippen LogP contribution in [0.5, 0.6) is 0 Å². The second-order valence-electron chi connectivity index (χ2n) is 7.21. The summed E-state index contributed by atoms with van der Waals surface area (Å²) in [7, 11) is 0. The van der Waals surface area contributed by atoms with E-state index in [1.54, 1.807) is 4.90 Å². The predicted octanol–water partition coefficient (Wildman–Crippen LogP) is 2.85. The van der Waals surface area contributed by atoms with Gasteiger partial charge in [-0.25, -0.2) is 0 Å². The summed E-state index contributed by atoms with van der Waals surface area (Å²) in [6, 6.07) is 0. The number of likely N-dealkylation sites (tertiary alicyclic amines) is 1. The van der Waals surface area contributed by atoms with Gasteiger partial charge in [0.15, 0.2) is 0 Å². The number of amides is 2. The van der Waals surface area contributed by atoms with Crippen LogP contribution in [0.2, 0.25) is 0 Å². The van der Waals surface area contributed by atoms with E-state index in [1.807, 2.05) is 4.90 Å². The van der Waals surface area contributed by atoms with E-state index in [9.17, 15) is 9.59 Å². The molecule has 3 aliphatic rings. The van der Waals surface area contributed by atoms with Crippen molar-refractivity contribution in [2.75, 3.05) is 26.2 Å². The zero-order valence-electron chi connectivity index (χ0n) is 14.9. The lowest BCUT2D eigenvalue weighted by atomic mass is 9.89. The third-order valence-corrected chi connectivity index (χ3v) is 5.40. The smallest absolute Gasteiger partial charge is 0.242 e. The lowest BCUT2D eigenvalue weighted by Crippen LogP contribution is -2.49. The summed E-state index contributed by atoms with van der Waals surface area (Å²) in [6.45, 7) is 4.54. The standard InChI is InChI=1S/C19H30N2O3/c1-2-12-24-16-7-5-11-20(13-16)19(23)14-21-17-8-4-3-6-15(17)9-10-18(21)22/h16H,2-14H2,1H3. The second-order valence-corrected chi connectivity index (χ2v) is 7.21. The number of ether oxygens (including phenoxy) is 1. The molecule has 1 aliphatic carbocycles. The Morgan fingerprint density at radius 3 is 2.83 bits per heavy atom. The number of nitrogens with zero attached hydrogens (tertiary/aromatic N) is 2. The van der Waals surface area contributed by atoms with Crippen molar-refractivity contribution in [1.82, 2.24) is 9.80 Å². The Morgan fingerprint density at radius 1 is 1.17 bits per heavy atom. The molecular formula is C19H30N2O3. The van der Waals surface area contributed by atoms with Crippen LogP contribution in [0.1, 0.15) is 64.7 Å². The maximum atomic E-state index is 12.8. The minimum Gasteiger partial charge on any atom is -0.376 e. The molecule has 1 atom stereocenters. The molecule has 0 saturated carbocycles. The molecule has 0 spiro atoms. The largest absolute Gasteiger partial charge is 0.376 e. The van der Waals surface area contributed by atoms with E-state index < -0.39 is 0 Å². The van der Waals surface area contributed by atoms with E-state index in [0.717, 1.165) is 63.8 Å². The molecule has 2 amide bonds. The Morgan fingerprint density at radius 2 is 2.00 bits per heavy atom. The SMILES string of the molecule is CCCOC1CCCN(C(=O)CN2C(=O)CCC3=C2CCCC3)C1. The van der Waals surface area contributed by atoms with Crippen LogP contribution in [0.15, 0.2) is 11.3 Å². The fraction of sp³-hybridized carbons (Fsp3) is 0.789. The van der Waals surface area contributed by atoms with Gasteiger partial charge in [-0.2, -0.15) is 0 Å². The van der Waals surface area contributed by atoms with Gasteiger partial charge in [0.05, 0.1) is 6.10 Å². The van der Waals surface area contributed by atoms with E-state index in [2.05, 4.69) is 6.92 Å². The van der Waals surface area contributed by atoms with Crippen molar-refractivity contribution in [3.63, 3.8) is 0 Å². The third-order valence-electron chi connectivity index (χ3n) is 5.40. The summed E-state index contributed by atoms with van der Waals surface area (Å²) in [5, 5.41) is 0. The number of carbonyl (C=O) groups is 2. The van der Waals surface area contributed by atoms with Crippen molar-refractivity contribution < 1.29 is 14.3 Å². The summed E-state index contributed by atoms with van der Waals surface area (Å²) in [5.74, 6) is 0.201. The molecular weight excluding hydrogens is 304 g/mol. The second kappa shape index (κ2) is 8.15. The molecule has 1 unspecified atom stereocenters. The highest BCUT2D eigenvalue weighted by Crippen LogP contribution is 2.34. The van der Waals surface area contributed by atoms with Crippen LogP contribution >= 0.6 is 0 Å². The van der Waals surface area contributed by atoms with Crippen molar-refractivity contribution in [2.24, 2.45) is 0 Å². The molecule has 0 aromatic rings. The molecule has 0 bridgehead atoms. The van der Waals surface area contributed by atoms with Crippen LogP contribution in [0.4, 0.5) is 0 Å². The highest BCUT2D eigenvalue weighted by atomic mass is 16.5. The van der Waals surface area contributed by atoms with Gasteiger partial charge < -0.3 is 14.5 Å². The van der Waals surface area contributed by atoms with Gasteiger partial charge in [0.1, 0.15) is 6.54 Å². The highest BCUT2D eigenvalue weighted by molar-refractivity contribution is 5.87. The Hall–Kier alpha value is -1.36. The fourth-order valence-electron chi connectivity index (χ4n) is 4.09. The van der Waals surface area contributed by atoms with E-state index in [0.29, 0.717) is 13.0 Å².